The van der Waals surface area contributed by atoms with Crippen molar-refractivity contribution in [1.29, 1.82) is 0 Å². The van der Waals surface area contributed by atoms with Crippen molar-refractivity contribution in [2.24, 2.45) is 5.92 Å². The van der Waals surface area contributed by atoms with Crippen molar-refractivity contribution >= 4 is 28.0 Å². The summed E-state index contributed by atoms with van der Waals surface area (Å²) in [6, 6.07) is 3.40. The van der Waals surface area contributed by atoms with Crippen LogP contribution in [0.4, 0.5) is 4.39 Å². The average molecular weight is 512 g/mol. The molecule has 0 radical (unpaired) electrons. The molecule has 1 unspecified atom stereocenters. The van der Waals surface area contributed by atoms with Crippen molar-refractivity contribution in [3.05, 3.63) is 56.8 Å². The summed E-state index contributed by atoms with van der Waals surface area (Å²) in [7, 11) is 2.14. The number of thiazole rings is 1. The molecular weight excluding hydrogens is 477 g/mol. The van der Waals surface area contributed by atoms with Crippen molar-refractivity contribution in [2.75, 3.05) is 33.2 Å². The second kappa shape index (κ2) is 11.3. The Hall–Kier alpha value is -2.49. The number of aromatic nitrogens is 3. The van der Waals surface area contributed by atoms with Gasteiger partial charge in [-0.3, -0.25) is 19.1 Å². The van der Waals surface area contributed by atoms with E-state index < -0.39 is 11.9 Å². The lowest BCUT2D eigenvalue weighted by molar-refractivity contribution is -0.122. The number of carbonyl (C=O) groups excluding carboxylic acids is 1. The van der Waals surface area contributed by atoms with Gasteiger partial charge >= 0.3 is 0 Å². The number of fused-ring (bicyclic) bond motifs is 1. The van der Waals surface area contributed by atoms with Gasteiger partial charge in [-0.05, 0) is 37.6 Å². The zero-order chi connectivity index (χ0) is 25.1. The summed E-state index contributed by atoms with van der Waals surface area (Å²) in [5.74, 6) is -0.113. The lowest BCUT2D eigenvalue weighted by Crippen LogP contribution is -2.43. The molecule has 3 heterocycles. The number of hydrogen-bond acceptors (Lipinski definition) is 7. The summed E-state index contributed by atoms with van der Waals surface area (Å²) in [5, 5.41) is 0.994. The molecule has 2 aromatic heterocycles. The SMILES string of the molecule is CN1CCN(Cc2cnc(CC(=O)C(CC3CCCCC3)n3cnc4ccc(F)cc4c3=O)s2)CC1. The van der Waals surface area contributed by atoms with E-state index in [2.05, 4.69) is 26.8 Å². The third-order valence-corrected chi connectivity index (χ3v) is 8.62. The molecule has 1 saturated heterocycles. The van der Waals surface area contributed by atoms with Crippen LogP contribution >= 0.6 is 11.3 Å². The van der Waals surface area contributed by atoms with E-state index in [0.717, 1.165) is 68.3 Å². The van der Waals surface area contributed by atoms with Crippen molar-refractivity contribution in [1.82, 2.24) is 24.3 Å². The van der Waals surface area contributed by atoms with Gasteiger partial charge < -0.3 is 4.90 Å². The maximum Gasteiger partial charge on any atom is 0.261 e. The zero-order valence-electron chi connectivity index (χ0n) is 20.9. The molecule has 5 rings (SSSR count). The highest BCUT2D eigenvalue weighted by atomic mass is 32.1. The molecule has 7 nitrogen and oxygen atoms in total. The predicted octanol–water partition coefficient (Wildman–Crippen LogP) is 4.06. The van der Waals surface area contributed by atoms with Gasteiger partial charge in [-0.2, -0.15) is 0 Å². The highest BCUT2D eigenvalue weighted by molar-refractivity contribution is 7.11. The largest absolute Gasteiger partial charge is 0.304 e. The summed E-state index contributed by atoms with van der Waals surface area (Å²) in [6.45, 7) is 5.04. The van der Waals surface area contributed by atoms with E-state index in [1.165, 1.54) is 35.5 Å². The minimum absolute atomic E-state index is 0.0271. The number of piperazine rings is 1. The zero-order valence-corrected chi connectivity index (χ0v) is 21.7. The molecule has 192 valence electrons. The van der Waals surface area contributed by atoms with Crippen LogP contribution in [-0.2, 0) is 17.8 Å². The standard InChI is InChI=1S/C27H34FN5O2S/c1-31-9-11-32(12-10-31)17-21-16-29-26(36-21)15-25(34)24(13-19-5-3-2-4-6-19)33-18-30-23-8-7-20(28)14-22(23)27(33)35/h7-8,14,16,18-19,24H,2-6,9-13,15,17H2,1H3. The van der Waals surface area contributed by atoms with Gasteiger partial charge in [0.2, 0.25) is 0 Å². The van der Waals surface area contributed by atoms with E-state index in [9.17, 15) is 14.0 Å². The summed E-state index contributed by atoms with van der Waals surface area (Å²) >= 11 is 1.58. The maximum atomic E-state index is 13.9. The molecule has 0 N–H and O–H groups in total. The molecule has 0 spiro atoms. The number of halogens is 1. The van der Waals surface area contributed by atoms with Crippen LogP contribution in [0, 0.1) is 11.7 Å². The minimum Gasteiger partial charge on any atom is -0.304 e. The summed E-state index contributed by atoms with van der Waals surface area (Å²) in [6.07, 6.45) is 9.83. The van der Waals surface area contributed by atoms with Crippen molar-refractivity contribution in [2.45, 2.75) is 57.5 Å². The van der Waals surface area contributed by atoms with Crippen molar-refractivity contribution in [3.8, 4) is 0 Å². The summed E-state index contributed by atoms with van der Waals surface area (Å²) in [4.78, 5) is 41.9. The van der Waals surface area contributed by atoms with Gasteiger partial charge in [0.05, 0.1) is 29.7 Å². The smallest absolute Gasteiger partial charge is 0.261 e. The van der Waals surface area contributed by atoms with Gasteiger partial charge in [0.1, 0.15) is 10.8 Å². The Balaban J connectivity index is 1.36. The van der Waals surface area contributed by atoms with Crippen LogP contribution in [0.1, 0.15) is 54.5 Å². The maximum absolute atomic E-state index is 13.9. The molecule has 36 heavy (non-hydrogen) atoms. The molecule has 1 aliphatic heterocycles. The lowest BCUT2D eigenvalue weighted by atomic mass is 9.83. The molecule has 2 fully saturated rings. The topological polar surface area (TPSA) is 71.3 Å². The van der Waals surface area contributed by atoms with Gasteiger partial charge in [-0.1, -0.05) is 32.1 Å². The number of ketones is 1. The molecule has 2 aliphatic rings. The van der Waals surface area contributed by atoms with Gasteiger partial charge in [0, 0.05) is 43.8 Å². The van der Waals surface area contributed by atoms with E-state index in [1.54, 1.807) is 11.3 Å². The molecule has 9 heteroatoms. The van der Waals surface area contributed by atoms with E-state index in [1.807, 2.05) is 6.20 Å². The van der Waals surface area contributed by atoms with Crippen LogP contribution in [0.5, 0.6) is 0 Å². The van der Waals surface area contributed by atoms with Crippen LogP contribution in [0.3, 0.4) is 0 Å². The van der Waals surface area contributed by atoms with Gasteiger partial charge in [-0.15, -0.1) is 11.3 Å². The highest BCUT2D eigenvalue weighted by Crippen LogP contribution is 2.32. The number of carbonyl (C=O) groups is 1. The molecule has 1 atom stereocenters. The van der Waals surface area contributed by atoms with Crippen LogP contribution in [-0.4, -0.2) is 63.3 Å². The minimum atomic E-state index is -0.620. The van der Waals surface area contributed by atoms with Crippen LogP contribution in [0.25, 0.3) is 10.9 Å². The summed E-state index contributed by atoms with van der Waals surface area (Å²) in [5.41, 5.74) is 0.0820. The Labute approximate surface area is 215 Å². The Morgan fingerprint density at radius 1 is 1.14 bits per heavy atom. The average Bonchev–Trinajstić information content (AvgIpc) is 3.32. The molecule has 1 saturated carbocycles. The van der Waals surface area contributed by atoms with Crippen LogP contribution in [0.2, 0.25) is 0 Å². The van der Waals surface area contributed by atoms with Crippen molar-refractivity contribution < 1.29 is 9.18 Å². The number of rotatable bonds is 8. The quantitative estimate of drug-likeness (QED) is 0.454. The molecule has 0 amide bonds. The lowest BCUT2D eigenvalue weighted by Gasteiger charge is -2.31. The first-order chi connectivity index (χ1) is 17.5. The van der Waals surface area contributed by atoms with Gasteiger partial charge in [-0.25, -0.2) is 14.4 Å². The summed E-state index contributed by atoms with van der Waals surface area (Å²) < 4.78 is 15.3. The first-order valence-corrected chi connectivity index (χ1v) is 13.8. The third-order valence-electron chi connectivity index (χ3n) is 7.64. The second-order valence-electron chi connectivity index (χ2n) is 10.3. The van der Waals surface area contributed by atoms with Crippen LogP contribution < -0.4 is 5.56 Å². The first-order valence-electron chi connectivity index (χ1n) is 13.0. The van der Waals surface area contributed by atoms with Gasteiger partial charge in [0.25, 0.3) is 5.56 Å². The fourth-order valence-corrected chi connectivity index (χ4v) is 6.44. The Bertz CT molecular complexity index is 1260. The number of benzene rings is 1. The third kappa shape index (κ3) is 5.90. The Kier molecular flexibility index (Phi) is 7.88. The molecule has 1 aromatic carbocycles. The fourth-order valence-electron chi connectivity index (χ4n) is 5.46. The van der Waals surface area contributed by atoms with E-state index >= 15 is 0 Å². The monoisotopic (exact) mass is 511 g/mol. The number of hydrogen-bond donors (Lipinski definition) is 0. The normalized spacial score (nSPS) is 19.1. The van der Waals surface area contributed by atoms with Crippen molar-refractivity contribution in [3.63, 3.8) is 0 Å². The number of Topliss-reactive ketones (excluding diaryl/α,β-unsaturated/α-hetero) is 1. The Morgan fingerprint density at radius 3 is 2.69 bits per heavy atom. The molecule has 3 aromatic rings. The Morgan fingerprint density at radius 2 is 1.92 bits per heavy atom. The van der Waals surface area contributed by atoms with Crippen LogP contribution in [0.15, 0.2) is 35.5 Å². The van der Waals surface area contributed by atoms with E-state index in [4.69, 9.17) is 0 Å². The second-order valence-corrected chi connectivity index (χ2v) is 11.5. The van der Waals surface area contributed by atoms with Gasteiger partial charge in [0.15, 0.2) is 5.78 Å². The predicted molar refractivity (Wildman–Crippen MR) is 140 cm³/mol. The molecule has 0 bridgehead atoms. The fraction of sp³-hybridized carbons (Fsp3) is 0.556. The number of likely N-dealkylation sites (N-methyl/N-ethyl adjacent to an activating group) is 1. The van der Waals surface area contributed by atoms with E-state index in [0.29, 0.717) is 17.9 Å². The first kappa shape index (κ1) is 25.2. The van der Waals surface area contributed by atoms with E-state index in [-0.39, 0.29) is 23.1 Å². The highest BCUT2D eigenvalue weighted by Gasteiger charge is 2.28. The molecule has 1 aliphatic carbocycles. The number of nitrogens with zero attached hydrogens (tertiary/aromatic N) is 5. The molecular formula is C27H34FN5O2S.